The second kappa shape index (κ2) is 35.3. The highest BCUT2D eigenvalue weighted by atomic mass is 32.2. The second-order valence-electron chi connectivity index (χ2n) is 25.7. The monoisotopic (exact) mass is 1410 g/mol. The van der Waals surface area contributed by atoms with Crippen LogP contribution in [0.1, 0.15) is 142 Å². The topological polar surface area (TPSA) is 282 Å². The van der Waals surface area contributed by atoms with Gasteiger partial charge >= 0.3 is 17.9 Å². The number of benzene rings is 9. The number of carboxylic acid groups (broad SMARTS) is 1. The number of carboxylic acids is 1. The van der Waals surface area contributed by atoms with E-state index in [0.717, 1.165) is 138 Å². The van der Waals surface area contributed by atoms with Crippen LogP contribution in [-0.4, -0.2) is 124 Å². The van der Waals surface area contributed by atoms with Gasteiger partial charge in [0.2, 0.25) is 0 Å². The molecular formula is C82H88N6O14S. The lowest BCUT2D eigenvalue weighted by atomic mass is 9.96. The predicted octanol–water partition coefficient (Wildman–Crippen LogP) is 16.2. The molecule has 21 heteroatoms. The molecule has 9 aromatic carbocycles. The van der Waals surface area contributed by atoms with Crippen molar-refractivity contribution in [1.29, 1.82) is 0 Å². The van der Waals surface area contributed by atoms with Crippen molar-refractivity contribution in [2.24, 2.45) is 0 Å². The lowest BCUT2D eigenvalue weighted by molar-refractivity contribution is 0.0592. The molecular weight excluding hydrogens is 1320 g/mol. The molecule has 3 aliphatic heterocycles. The zero-order chi connectivity index (χ0) is 73.9. The number of ether oxygens (including phenoxy) is 2. The summed E-state index contributed by atoms with van der Waals surface area (Å²) in [6.07, 6.45) is 11.1. The van der Waals surface area contributed by atoms with Crippen LogP contribution in [0.5, 0.6) is 11.5 Å². The number of nitrogens with one attached hydrogen (secondary N) is 3. The zero-order valence-corrected chi connectivity index (χ0v) is 59.9. The predicted molar refractivity (Wildman–Crippen MR) is 406 cm³/mol. The summed E-state index contributed by atoms with van der Waals surface area (Å²) in [5, 5.41) is 39.0. The largest absolute Gasteiger partial charge is 0.507 e. The molecule has 3 aliphatic rings. The van der Waals surface area contributed by atoms with Gasteiger partial charge in [-0.15, -0.1) is 0 Å². The van der Waals surface area contributed by atoms with Crippen molar-refractivity contribution in [1.82, 2.24) is 0 Å². The van der Waals surface area contributed by atoms with E-state index >= 15 is 0 Å². The number of aromatic carboxylic acids is 1. The number of phenols is 2. The summed E-state index contributed by atoms with van der Waals surface area (Å²) in [6.45, 7) is 13.3. The van der Waals surface area contributed by atoms with Gasteiger partial charge in [0.05, 0.1) is 65.4 Å². The maximum atomic E-state index is 13.4. The molecule has 0 radical (unpaired) electrons. The molecule has 536 valence electrons. The number of anilines is 6. The number of phenolic OH excluding ortho intramolecular Hbond substituents is 2. The van der Waals surface area contributed by atoms with E-state index in [1.807, 2.05) is 143 Å². The maximum absolute atomic E-state index is 13.4. The van der Waals surface area contributed by atoms with E-state index < -0.39 is 39.8 Å². The number of esters is 2. The van der Waals surface area contributed by atoms with Gasteiger partial charge in [-0.25, -0.2) is 14.4 Å². The molecule has 0 saturated carbocycles. The van der Waals surface area contributed by atoms with E-state index in [1.165, 1.54) is 52.4 Å². The van der Waals surface area contributed by atoms with Gasteiger partial charge in [-0.2, -0.15) is 8.42 Å². The third-order valence-electron chi connectivity index (χ3n) is 18.2. The normalized spacial score (nSPS) is 13.4. The summed E-state index contributed by atoms with van der Waals surface area (Å²) in [5.74, 6) is -3.68. The van der Waals surface area contributed by atoms with Crippen LogP contribution in [0.2, 0.25) is 0 Å². The van der Waals surface area contributed by atoms with Gasteiger partial charge in [-0.3, -0.25) is 18.9 Å². The number of carbonyl (C=O) groups excluding carboxylic acids is 5. The van der Waals surface area contributed by atoms with Gasteiger partial charge in [-0.1, -0.05) is 97.1 Å². The van der Waals surface area contributed by atoms with Crippen molar-refractivity contribution < 1.29 is 66.5 Å². The first kappa shape index (κ1) is 75.9. The van der Waals surface area contributed by atoms with Crippen LogP contribution < -0.4 is 30.7 Å². The summed E-state index contributed by atoms with van der Waals surface area (Å²) < 4.78 is 35.8. The van der Waals surface area contributed by atoms with Crippen LogP contribution in [0.15, 0.2) is 182 Å². The summed E-state index contributed by atoms with van der Waals surface area (Å²) in [5.41, 5.74) is 14.4. The highest BCUT2D eigenvalue weighted by Crippen LogP contribution is 2.37. The Bertz CT molecular complexity index is 4450. The average molecular weight is 1410 g/mol. The van der Waals surface area contributed by atoms with Gasteiger partial charge in [0.1, 0.15) is 11.5 Å². The second-order valence-corrected chi connectivity index (χ2v) is 27.1. The average Bonchev–Trinajstić information content (AvgIpc) is 0.808. The maximum Gasteiger partial charge on any atom is 0.339 e. The zero-order valence-electron chi connectivity index (χ0n) is 59.0. The van der Waals surface area contributed by atoms with Crippen LogP contribution >= 0.6 is 0 Å². The number of aromatic hydroxyl groups is 2. The SMILES string of the molecule is COC(=O)c1cc(C)c(-c2ccccc2)cc1NC(=O)c1cc(N2CCCCC2)ccc1C.COC(=O)c1cc(C)c(-c2ccccc2)cc1NC(=O)c1cc(N2CCCCC2)ccc1O.CS(=O)(=O)O.Cc1cc(C(=O)O)c(NC(=O)c2cc(N3CCCCC3)ccc2O)cc1-c1ccccc1. The first-order chi connectivity index (χ1) is 49.4. The van der Waals surface area contributed by atoms with E-state index in [0.29, 0.717) is 28.8 Å². The van der Waals surface area contributed by atoms with Gasteiger partial charge < -0.3 is 55.4 Å². The first-order valence-corrected chi connectivity index (χ1v) is 36.1. The fourth-order valence-electron chi connectivity index (χ4n) is 12.8. The lowest BCUT2D eigenvalue weighted by Crippen LogP contribution is -2.29. The Morgan fingerprint density at radius 1 is 0.369 bits per heavy atom. The van der Waals surface area contributed by atoms with Crippen LogP contribution in [-0.2, 0) is 19.6 Å². The fraction of sp³-hybridized carbons (Fsp3) is 0.268. The Labute approximate surface area is 601 Å². The quantitative estimate of drug-likeness (QED) is 0.0371. The highest BCUT2D eigenvalue weighted by Gasteiger charge is 2.25. The number of amides is 3. The van der Waals surface area contributed by atoms with E-state index in [9.17, 15) is 52.5 Å². The van der Waals surface area contributed by atoms with Crippen molar-refractivity contribution in [2.75, 3.05) is 90.4 Å². The molecule has 3 amide bonds. The molecule has 0 aromatic heterocycles. The number of hydrogen-bond donors (Lipinski definition) is 7. The molecule has 3 saturated heterocycles. The van der Waals surface area contributed by atoms with Gasteiger partial charge in [-0.05, 0) is 226 Å². The molecule has 0 aliphatic carbocycles. The van der Waals surface area contributed by atoms with Gasteiger partial charge in [0.25, 0.3) is 27.8 Å². The van der Waals surface area contributed by atoms with Crippen LogP contribution in [0.4, 0.5) is 34.1 Å². The Morgan fingerprint density at radius 3 is 0.961 bits per heavy atom. The Kier molecular flexibility index (Phi) is 26.0. The number of carbonyl (C=O) groups is 6. The third-order valence-corrected chi connectivity index (χ3v) is 18.2. The van der Waals surface area contributed by atoms with Crippen molar-refractivity contribution in [3.63, 3.8) is 0 Å². The molecule has 20 nitrogen and oxygen atoms in total. The molecule has 3 heterocycles. The Balaban J connectivity index is 0.000000173. The van der Waals surface area contributed by atoms with Crippen molar-refractivity contribution in [2.45, 2.75) is 85.5 Å². The number of nitrogens with zero attached hydrogens (tertiary/aromatic N) is 3. The summed E-state index contributed by atoms with van der Waals surface area (Å²) in [6, 6.07) is 55.7. The van der Waals surface area contributed by atoms with Crippen molar-refractivity contribution in [3.8, 4) is 44.9 Å². The van der Waals surface area contributed by atoms with Crippen molar-refractivity contribution >= 4 is 79.9 Å². The number of rotatable bonds is 15. The minimum atomic E-state index is -3.67. The molecule has 0 unspecified atom stereocenters. The summed E-state index contributed by atoms with van der Waals surface area (Å²) in [7, 11) is -1.01. The van der Waals surface area contributed by atoms with Crippen molar-refractivity contribution in [3.05, 3.63) is 238 Å². The van der Waals surface area contributed by atoms with Gasteiger partial charge in [0, 0.05) is 61.9 Å². The Morgan fingerprint density at radius 2 is 0.650 bits per heavy atom. The summed E-state index contributed by atoms with van der Waals surface area (Å²) >= 11 is 0. The smallest absolute Gasteiger partial charge is 0.339 e. The molecule has 103 heavy (non-hydrogen) atoms. The van der Waals surface area contributed by atoms with E-state index in [2.05, 4.69) is 36.7 Å². The lowest BCUT2D eigenvalue weighted by Gasteiger charge is -2.29. The number of hydrogen-bond acceptors (Lipinski definition) is 15. The van der Waals surface area contributed by atoms with Gasteiger partial charge in [0.15, 0.2) is 0 Å². The Hall–Kier alpha value is -11.3. The molecule has 3 fully saturated rings. The minimum absolute atomic E-state index is 0.00204. The first-order valence-electron chi connectivity index (χ1n) is 34.3. The van der Waals surface area contributed by atoms with Crippen LogP contribution in [0.3, 0.4) is 0 Å². The standard InChI is InChI=1S/C28H30N2O3.C27H28N2O4.C26H26N2O4.CH4O3S/c1-19-12-13-22(30-14-8-5-9-15-30)17-24(19)27(31)29-26-18-23(21-10-6-4-7-11-21)20(2)16-25(26)28(32)33-3;1-18-15-22(27(32)33-2)24(17-21(18)19-9-5-3-6-10-19)28-26(31)23-16-20(11-12-25(23)30)29-13-7-4-8-14-29;1-17-14-21(26(31)32)23(16-20(17)18-8-4-2-5-9-18)27-25(30)22-15-19(10-11-24(22)29)28-12-6-3-7-13-28;1-5(2,3)4/h4,6-7,10-13,16-18H,5,8-9,14-15H2,1-3H3,(H,29,31);3,5-6,9-12,15-17,30H,4,7-8,13-14H2,1-2H3,(H,28,31);2,4-5,8-11,14-16,29H,3,6-7,12-13H2,1H3,(H,27,30)(H,31,32);1H3,(H,2,3,4). The van der Waals surface area contributed by atoms with E-state index in [1.54, 1.807) is 54.6 Å². The summed E-state index contributed by atoms with van der Waals surface area (Å²) in [4.78, 5) is 83.3. The molecule has 0 atom stereocenters. The molecule has 0 spiro atoms. The van der Waals surface area contributed by atoms with Crippen LogP contribution in [0, 0.1) is 27.7 Å². The van der Waals surface area contributed by atoms with E-state index in [4.69, 9.17) is 14.0 Å². The number of methoxy groups -OCH3 is 2. The highest BCUT2D eigenvalue weighted by molar-refractivity contribution is 7.85. The number of aryl methyl sites for hydroxylation is 4. The van der Waals surface area contributed by atoms with Crippen LogP contribution in [0.25, 0.3) is 33.4 Å². The number of piperidine rings is 3. The molecule has 9 aromatic rings. The molecule has 0 bridgehead atoms. The molecule has 12 rings (SSSR count). The minimum Gasteiger partial charge on any atom is -0.507 e. The molecule has 7 N–H and O–H groups in total. The van der Waals surface area contributed by atoms with E-state index in [-0.39, 0.29) is 45.3 Å². The fourth-order valence-corrected chi connectivity index (χ4v) is 12.8. The third kappa shape index (κ3) is 20.3.